The Kier molecular flexibility index (Phi) is 9.67. The molecule has 1 amide bonds. The Morgan fingerprint density at radius 1 is 1.22 bits per heavy atom. The van der Waals surface area contributed by atoms with Crippen molar-refractivity contribution in [2.75, 3.05) is 13.7 Å². The van der Waals surface area contributed by atoms with Crippen molar-refractivity contribution in [1.82, 2.24) is 19.6 Å². The highest BCUT2D eigenvalue weighted by Crippen LogP contribution is 2.30. The van der Waals surface area contributed by atoms with Crippen molar-refractivity contribution in [1.29, 1.82) is 0 Å². The second kappa shape index (κ2) is 12.1. The fourth-order valence-corrected chi connectivity index (χ4v) is 5.12. The molecule has 0 saturated heterocycles. The van der Waals surface area contributed by atoms with Gasteiger partial charge in [-0.1, -0.05) is 0 Å². The van der Waals surface area contributed by atoms with Gasteiger partial charge in [0.15, 0.2) is 0 Å². The first kappa shape index (κ1) is 29.6. The molecule has 1 heterocycles. The Morgan fingerprint density at radius 2 is 1.89 bits per heavy atom. The van der Waals surface area contributed by atoms with Gasteiger partial charge in [-0.2, -0.15) is 0 Å². The maximum Gasteiger partial charge on any atom is 0.408 e. The average Bonchev–Trinajstić information content (AvgIpc) is 3.31. The Morgan fingerprint density at radius 3 is 2.46 bits per heavy atom. The minimum absolute atomic E-state index is 0.108. The molecule has 0 aliphatic carbocycles. The summed E-state index contributed by atoms with van der Waals surface area (Å²) in [6, 6.07) is 0.740. The predicted molar refractivity (Wildman–Crippen MR) is 139 cm³/mol. The zero-order chi connectivity index (χ0) is 28.0. The molecule has 13 heteroatoms. The molecular formula is C24H36N6O6S. The van der Waals surface area contributed by atoms with Crippen LogP contribution in [0.4, 0.5) is 4.79 Å². The molecule has 0 aliphatic rings. The number of guanidine groups is 1. The molecule has 0 saturated carbocycles. The van der Waals surface area contributed by atoms with Gasteiger partial charge < -0.3 is 20.5 Å². The van der Waals surface area contributed by atoms with Crippen LogP contribution in [0.1, 0.15) is 55.1 Å². The third-order valence-corrected chi connectivity index (χ3v) is 7.03. The van der Waals surface area contributed by atoms with Crippen LogP contribution >= 0.6 is 0 Å². The number of aromatic nitrogens is 2. The lowest BCUT2D eigenvalue weighted by molar-refractivity contribution is 0.0478. The van der Waals surface area contributed by atoms with Crippen LogP contribution in [0.25, 0.3) is 0 Å². The van der Waals surface area contributed by atoms with E-state index in [4.69, 9.17) is 15.2 Å². The number of hydrogen-bond donors (Lipinski definition) is 3. The van der Waals surface area contributed by atoms with Gasteiger partial charge in [0.05, 0.1) is 12.0 Å². The largest absolute Gasteiger partial charge is 0.496 e. The monoisotopic (exact) mass is 536 g/mol. The second-order valence-corrected chi connectivity index (χ2v) is 11.1. The van der Waals surface area contributed by atoms with E-state index in [0.717, 1.165) is 0 Å². The maximum absolute atomic E-state index is 13.0. The second-order valence-electron chi connectivity index (χ2n) is 9.50. The van der Waals surface area contributed by atoms with E-state index in [2.05, 4.69) is 20.0 Å². The van der Waals surface area contributed by atoms with Gasteiger partial charge in [0, 0.05) is 18.9 Å². The van der Waals surface area contributed by atoms with E-state index in [9.17, 15) is 18.0 Å². The van der Waals surface area contributed by atoms with Crippen LogP contribution in [-0.4, -0.2) is 61.2 Å². The lowest BCUT2D eigenvalue weighted by Crippen LogP contribution is -2.45. The number of nitrogens with zero attached hydrogens (tertiary/aromatic N) is 3. The number of nitrogens with two attached hydrogens (primary N) is 1. The Hall–Kier alpha value is -3.61. The first-order valence-electron chi connectivity index (χ1n) is 11.7. The predicted octanol–water partition coefficient (Wildman–Crippen LogP) is 2.42. The number of imidazole rings is 1. The maximum atomic E-state index is 13.0. The van der Waals surface area contributed by atoms with E-state index in [1.165, 1.54) is 30.4 Å². The summed E-state index contributed by atoms with van der Waals surface area (Å²) < 4.78 is 40.1. The van der Waals surface area contributed by atoms with Crippen LogP contribution in [0.5, 0.6) is 5.75 Å². The summed E-state index contributed by atoms with van der Waals surface area (Å²) in [5.74, 6) is -0.0953. The van der Waals surface area contributed by atoms with Gasteiger partial charge in [-0.3, -0.25) is 14.4 Å². The van der Waals surface area contributed by atoms with E-state index >= 15 is 0 Å². The van der Waals surface area contributed by atoms with Crippen molar-refractivity contribution in [3.63, 3.8) is 0 Å². The van der Waals surface area contributed by atoms with E-state index in [1.54, 1.807) is 47.6 Å². The highest BCUT2D eigenvalue weighted by Gasteiger charge is 2.26. The lowest BCUT2D eigenvalue weighted by atomic mass is 10.1. The minimum Gasteiger partial charge on any atom is -0.496 e. The van der Waals surface area contributed by atoms with E-state index in [1.807, 2.05) is 0 Å². The number of carbonyl (C=O) groups is 2. The number of methoxy groups -OCH3 is 1. The Labute approximate surface area is 217 Å². The van der Waals surface area contributed by atoms with Crippen molar-refractivity contribution in [3.8, 4) is 5.75 Å². The van der Waals surface area contributed by atoms with Gasteiger partial charge in [0.25, 0.3) is 15.9 Å². The van der Waals surface area contributed by atoms with Gasteiger partial charge in [0.1, 0.15) is 23.7 Å². The minimum atomic E-state index is -4.00. The van der Waals surface area contributed by atoms with Crippen molar-refractivity contribution < 1.29 is 27.5 Å². The normalized spacial score (nSPS) is 13.1. The molecule has 204 valence electrons. The molecule has 4 N–H and O–H groups in total. The molecular weight excluding hydrogens is 500 g/mol. The standard InChI is InChI=1S/C24H36N6O6S/c1-15-13-19(35-7)16(2)17(3)20(15)37(33,34)29-22(25)27-10-8-9-18(21(31)30-12-11-26-14-30)28-23(32)36-24(4,5)6/h11-14,18H,8-10H2,1-7H3,(H,28,32)(H3,25,27,29)/t18-/m0/s1. The molecule has 1 aromatic carbocycles. The highest BCUT2D eigenvalue weighted by atomic mass is 32.2. The number of amides is 1. The number of carbonyl (C=O) groups excluding carboxylic acids is 2. The van der Waals surface area contributed by atoms with Gasteiger partial charge in [-0.25, -0.2) is 22.9 Å². The van der Waals surface area contributed by atoms with Gasteiger partial charge in [-0.05, 0) is 77.1 Å². The number of aryl methyl sites for hydroxylation is 1. The van der Waals surface area contributed by atoms with Gasteiger partial charge >= 0.3 is 6.09 Å². The van der Waals surface area contributed by atoms with Crippen LogP contribution in [-0.2, 0) is 14.8 Å². The molecule has 2 rings (SSSR count). The zero-order valence-electron chi connectivity index (χ0n) is 22.3. The number of rotatable bonds is 9. The van der Waals surface area contributed by atoms with Crippen LogP contribution < -0.4 is 20.5 Å². The quantitative estimate of drug-likeness (QED) is 0.249. The molecule has 0 unspecified atom stereocenters. The molecule has 2 aromatic rings. The van der Waals surface area contributed by atoms with Crippen LogP contribution in [0.3, 0.4) is 0 Å². The summed E-state index contributed by atoms with van der Waals surface area (Å²) in [6.07, 6.45) is 4.05. The third kappa shape index (κ3) is 8.20. The smallest absolute Gasteiger partial charge is 0.408 e. The van der Waals surface area contributed by atoms with Gasteiger partial charge in [0.2, 0.25) is 5.96 Å². The molecule has 0 fully saturated rings. The number of benzene rings is 1. The summed E-state index contributed by atoms with van der Waals surface area (Å²) >= 11 is 0. The Balaban J connectivity index is 2.08. The van der Waals surface area contributed by atoms with Crippen LogP contribution in [0.15, 0.2) is 34.7 Å². The summed E-state index contributed by atoms with van der Waals surface area (Å²) in [5.41, 5.74) is 6.89. The number of sulfonamides is 1. The fourth-order valence-electron chi connectivity index (χ4n) is 3.64. The number of aliphatic imine (C=N–C) groups is 1. The topological polar surface area (TPSA) is 167 Å². The summed E-state index contributed by atoms with van der Waals surface area (Å²) in [6.45, 7) is 10.4. The number of hydrogen-bond acceptors (Lipinski definition) is 8. The summed E-state index contributed by atoms with van der Waals surface area (Å²) in [4.78, 5) is 33.1. The molecule has 0 spiro atoms. The number of alkyl carbamates (subject to hydrolysis) is 1. The van der Waals surface area contributed by atoms with E-state index < -0.39 is 33.7 Å². The lowest BCUT2D eigenvalue weighted by Gasteiger charge is -2.23. The molecule has 1 atom stereocenters. The van der Waals surface area contributed by atoms with E-state index in [0.29, 0.717) is 28.9 Å². The van der Waals surface area contributed by atoms with Crippen LogP contribution in [0.2, 0.25) is 0 Å². The molecule has 0 aliphatic heterocycles. The summed E-state index contributed by atoms with van der Waals surface area (Å²) in [5, 5.41) is 2.58. The van der Waals surface area contributed by atoms with Crippen molar-refractivity contribution >= 4 is 28.0 Å². The molecule has 37 heavy (non-hydrogen) atoms. The summed E-state index contributed by atoms with van der Waals surface area (Å²) in [7, 11) is -2.47. The average molecular weight is 537 g/mol. The molecule has 12 nitrogen and oxygen atoms in total. The van der Waals surface area contributed by atoms with Crippen molar-refractivity contribution in [3.05, 3.63) is 41.5 Å². The first-order chi connectivity index (χ1) is 17.2. The van der Waals surface area contributed by atoms with Crippen LogP contribution in [0, 0.1) is 20.8 Å². The third-order valence-electron chi connectivity index (χ3n) is 5.39. The molecule has 0 bridgehead atoms. The highest BCUT2D eigenvalue weighted by molar-refractivity contribution is 7.90. The van der Waals surface area contributed by atoms with Crippen molar-refractivity contribution in [2.45, 2.75) is 70.9 Å². The molecule has 1 aromatic heterocycles. The zero-order valence-corrected chi connectivity index (χ0v) is 23.1. The first-order valence-corrected chi connectivity index (χ1v) is 13.1. The van der Waals surface area contributed by atoms with Crippen molar-refractivity contribution in [2.24, 2.45) is 10.7 Å². The SMILES string of the molecule is COc1cc(C)c(S(=O)(=O)NC(N)=NCCC[C@H](NC(=O)OC(C)(C)C)C(=O)n2ccnc2)c(C)c1C. The number of nitrogens with one attached hydrogen (secondary N) is 2. The number of ether oxygens (including phenoxy) is 2. The molecule has 0 radical (unpaired) electrons. The Bertz CT molecular complexity index is 1250. The van der Waals surface area contributed by atoms with E-state index in [-0.39, 0.29) is 23.8 Å². The van der Waals surface area contributed by atoms with Gasteiger partial charge in [-0.15, -0.1) is 0 Å². The fraction of sp³-hybridized carbons (Fsp3) is 0.500.